The topological polar surface area (TPSA) is 46.2 Å². The summed E-state index contributed by atoms with van der Waals surface area (Å²) in [5, 5.41) is 10.2. The minimum absolute atomic E-state index is 0.254. The number of nitrogens with two attached hydrogens (primary N) is 1. The van der Waals surface area contributed by atoms with Crippen molar-refractivity contribution < 1.29 is 5.11 Å². The zero-order valence-electron chi connectivity index (χ0n) is 10.5. The van der Waals surface area contributed by atoms with Gasteiger partial charge in [0.2, 0.25) is 0 Å². The maximum Gasteiger partial charge on any atom is 0.104 e. The van der Waals surface area contributed by atoms with Crippen LogP contribution >= 0.6 is 11.3 Å². The van der Waals surface area contributed by atoms with Gasteiger partial charge in [0.15, 0.2) is 0 Å². The van der Waals surface area contributed by atoms with E-state index in [9.17, 15) is 5.11 Å². The van der Waals surface area contributed by atoms with Gasteiger partial charge in [0.05, 0.1) is 0 Å². The highest BCUT2D eigenvalue weighted by Gasteiger charge is 2.18. The van der Waals surface area contributed by atoms with Gasteiger partial charge in [-0.25, -0.2) is 0 Å². The maximum absolute atomic E-state index is 10.2. The normalized spacial score (nSPS) is 14.4. The van der Waals surface area contributed by atoms with E-state index in [0.29, 0.717) is 6.42 Å². The van der Waals surface area contributed by atoms with Gasteiger partial charge in [0.25, 0.3) is 0 Å². The number of benzene rings is 1. The lowest BCUT2D eigenvalue weighted by Gasteiger charge is -2.17. The quantitative estimate of drug-likeness (QED) is 0.869. The van der Waals surface area contributed by atoms with Crippen molar-refractivity contribution in [3.8, 4) is 0 Å². The summed E-state index contributed by atoms with van der Waals surface area (Å²) in [6.07, 6.45) is 1.13. The van der Waals surface area contributed by atoms with Gasteiger partial charge in [0.1, 0.15) is 6.10 Å². The van der Waals surface area contributed by atoms with Gasteiger partial charge in [-0.3, -0.25) is 0 Å². The summed E-state index contributed by atoms with van der Waals surface area (Å²) < 4.78 is 0. The number of rotatable bonds is 5. The second-order valence-electron chi connectivity index (χ2n) is 4.46. The fourth-order valence-corrected chi connectivity index (χ4v) is 2.97. The molecule has 1 aromatic carbocycles. The van der Waals surface area contributed by atoms with Crippen molar-refractivity contribution in [2.75, 3.05) is 0 Å². The molecule has 2 rings (SSSR count). The first kappa shape index (κ1) is 13.3. The van der Waals surface area contributed by atoms with Gasteiger partial charge in [-0.05, 0) is 30.5 Å². The summed E-state index contributed by atoms with van der Waals surface area (Å²) in [6, 6.07) is 13.9. The molecule has 0 aliphatic carbocycles. The molecule has 0 saturated heterocycles. The molecule has 0 aliphatic heterocycles. The van der Waals surface area contributed by atoms with Crippen molar-refractivity contribution in [3.05, 3.63) is 57.8 Å². The molecule has 0 amide bonds. The number of thiophene rings is 1. The Labute approximate surface area is 112 Å². The van der Waals surface area contributed by atoms with Crippen molar-refractivity contribution in [2.45, 2.75) is 31.9 Å². The summed E-state index contributed by atoms with van der Waals surface area (Å²) in [6.45, 7) is 2.12. The van der Waals surface area contributed by atoms with Gasteiger partial charge in [0, 0.05) is 15.8 Å². The number of aliphatic hydroxyl groups excluding tert-OH is 1. The van der Waals surface area contributed by atoms with Crippen LogP contribution in [-0.4, -0.2) is 11.1 Å². The molecule has 96 valence electrons. The third-order valence-electron chi connectivity index (χ3n) is 3.04. The summed E-state index contributed by atoms with van der Waals surface area (Å²) in [4.78, 5) is 2.26. The van der Waals surface area contributed by atoms with Gasteiger partial charge >= 0.3 is 0 Å². The van der Waals surface area contributed by atoms with Crippen LogP contribution in [0.3, 0.4) is 0 Å². The highest BCUT2D eigenvalue weighted by atomic mass is 32.1. The maximum atomic E-state index is 10.2. The molecule has 0 spiro atoms. The van der Waals surface area contributed by atoms with Crippen LogP contribution < -0.4 is 5.73 Å². The molecule has 2 nitrogen and oxygen atoms in total. The third kappa shape index (κ3) is 3.19. The van der Waals surface area contributed by atoms with E-state index in [-0.39, 0.29) is 6.04 Å². The van der Waals surface area contributed by atoms with E-state index in [2.05, 4.69) is 13.0 Å². The number of hydrogen-bond donors (Lipinski definition) is 2. The molecule has 0 radical (unpaired) electrons. The molecule has 2 atom stereocenters. The van der Waals surface area contributed by atoms with E-state index in [1.807, 2.05) is 36.4 Å². The van der Waals surface area contributed by atoms with Crippen LogP contribution in [-0.2, 0) is 12.8 Å². The summed E-state index contributed by atoms with van der Waals surface area (Å²) in [5.41, 5.74) is 7.25. The molecule has 3 N–H and O–H groups in total. The molecule has 3 heteroatoms. The molecule has 1 aromatic heterocycles. The monoisotopic (exact) mass is 261 g/mol. The summed E-state index contributed by atoms with van der Waals surface area (Å²) >= 11 is 1.65. The van der Waals surface area contributed by atoms with Gasteiger partial charge < -0.3 is 10.8 Å². The molecule has 0 saturated carbocycles. The Morgan fingerprint density at radius 1 is 1.17 bits per heavy atom. The van der Waals surface area contributed by atoms with Crippen LogP contribution in [0.4, 0.5) is 0 Å². The van der Waals surface area contributed by atoms with E-state index in [4.69, 9.17) is 5.73 Å². The zero-order valence-corrected chi connectivity index (χ0v) is 11.4. The second-order valence-corrected chi connectivity index (χ2v) is 5.66. The number of aliphatic hydroxyl groups is 1. The highest BCUT2D eigenvalue weighted by Crippen LogP contribution is 2.26. The van der Waals surface area contributed by atoms with Crippen LogP contribution in [0.1, 0.15) is 28.3 Å². The summed E-state index contributed by atoms with van der Waals surface area (Å²) in [7, 11) is 0. The van der Waals surface area contributed by atoms with E-state index < -0.39 is 6.10 Å². The van der Waals surface area contributed by atoms with Crippen LogP contribution in [0.5, 0.6) is 0 Å². The Balaban J connectivity index is 2.02. The van der Waals surface area contributed by atoms with Crippen LogP contribution in [0.15, 0.2) is 42.5 Å². The van der Waals surface area contributed by atoms with Crippen LogP contribution in [0.2, 0.25) is 0 Å². The molecular weight excluding hydrogens is 242 g/mol. The minimum Gasteiger partial charge on any atom is -0.386 e. The Kier molecular flexibility index (Phi) is 4.53. The Morgan fingerprint density at radius 2 is 1.89 bits per heavy atom. The number of hydrogen-bond acceptors (Lipinski definition) is 3. The average molecular weight is 261 g/mol. The molecule has 0 aliphatic rings. The lowest BCUT2D eigenvalue weighted by molar-refractivity contribution is 0.150. The SMILES string of the molecule is CCc1ccc(C(O)C(N)Cc2ccccc2)s1. The van der Waals surface area contributed by atoms with Gasteiger partial charge in [-0.2, -0.15) is 0 Å². The fraction of sp³-hybridized carbons (Fsp3) is 0.333. The van der Waals surface area contributed by atoms with Crippen molar-refractivity contribution in [3.63, 3.8) is 0 Å². The average Bonchev–Trinajstić information content (AvgIpc) is 2.87. The molecule has 1 heterocycles. The highest BCUT2D eigenvalue weighted by molar-refractivity contribution is 7.12. The number of aryl methyl sites for hydroxylation is 1. The summed E-state index contributed by atoms with van der Waals surface area (Å²) in [5.74, 6) is 0. The van der Waals surface area contributed by atoms with E-state index in [1.54, 1.807) is 11.3 Å². The lowest BCUT2D eigenvalue weighted by atomic mass is 10.0. The third-order valence-corrected chi connectivity index (χ3v) is 4.34. The van der Waals surface area contributed by atoms with E-state index in [0.717, 1.165) is 16.9 Å². The Hall–Kier alpha value is -1.16. The van der Waals surface area contributed by atoms with Crippen molar-refractivity contribution in [2.24, 2.45) is 5.73 Å². The van der Waals surface area contributed by atoms with Gasteiger partial charge in [-0.15, -0.1) is 11.3 Å². The smallest absolute Gasteiger partial charge is 0.104 e. The second kappa shape index (κ2) is 6.14. The van der Waals surface area contributed by atoms with Crippen LogP contribution in [0, 0.1) is 0 Å². The minimum atomic E-state index is -0.574. The van der Waals surface area contributed by atoms with Crippen molar-refractivity contribution >= 4 is 11.3 Å². The molecular formula is C15H19NOS. The standard InChI is InChI=1S/C15H19NOS/c1-2-12-8-9-14(18-12)15(17)13(16)10-11-6-4-3-5-7-11/h3-9,13,15,17H,2,10,16H2,1H3. The van der Waals surface area contributed by atoms with Crippen molar-refractivity contribution in [1.29, 1.82) is 0 Å². The first-order chi connectivity index (χ1) is 8.70. The molecule has 0 fully saturated rings. The zero-order chi connectivity index (χ0) is 13.0. The first-order valence-corrected chi connectivity index (χ1v) is 7.08. The van der Waals surface area contributed by atoms with Crippen LogP contribution in [0.25, 0.3) is 0 Å². The Bertz CT molecular complexity index is 480. The molecule has 2 aromatic rings. The molecule has 18 heavy (non-hydrogen) atoms. The largest absolute Gasteiger partial charge is 0.386 e. The van der Waals surface area contributed by atoms with Crippen molar-refractivity contribution in [1.82, 2.24) is 0 Å². The van der Waals surface area contributed by atoms with E-state index in [1.165, 1.54) is 4.88 Å². The lowest BCUT2D eigenvalue weighted by Crippen LogP contribution is -2.30. The predicted molar refractivity (Wildman–Crippen MR) is 76.8 cm³/mol. The van der Waals surface area contributed by atoms with Gasteiger partial charge in [-0.1, -0.05) is 37.3 Å². The Morgan fingerprint density at radius 3 is 2.50 bits per heavy atom. The van der Waals surface area contributed by atoms with E-state index >= 15 is 0 Å². The molecule has 2 unspecified atom stereocenters. The fourth-order valence-electron chi connectivity index (χ4n) is 1.95. The predicted octanol–water partition coefficient (Wildman–Crippen LogP) is 2.91. The molecule has 0 bridgehead atoms. The first-order valence-electron chi connectivity index (χ1n) is 6.27.